The Hall–Kier alpha value is -2.34. The SMILES string of the molecule is C[C@H](OCc1ccccc1)C(=O)O.NC(=O)N1C=CCC1. The fourth-order valence-corrected chi connectivity index (χ4v) is 1.54. The molecule has 0 saturated carbocycles. The van der Waals surface area contributed by atoms with Gasteiger partial charge in [-0.25, -0.2) is 9.59 Å². The van der Waals surface area contributed by atoms with E-state index >= 15 is 0 Å². The van der Waals surface area contributed by atoms with Crippen molar-refractivity contribution < 1.29 is 19.4 Å². The topological polar surface area (TPSA) is 92.9 Å². The molecule has 1 atom stereocenters. The lowest BCUT2D eigenvalue weighted by Gasteiger charge is -2.07. The second kappa shape index (κ2) is 8.76. The number of carboxylic acid groups (broad SMARTS) is 1. The van der Waals surface area contributed by atoms with E-state index in [9.17, 15) is 9.59 Å². The van der Waals surface area contributed by atoms with Gasteiger partial charge in [-0.3, -0.25) is 0 Å². The number of carboxylic acids is 1. The van der Waals surface area contributed by atoms with Gasteiger partial charge in [0.15, 0.2) is 6.10 Å². The molecule has 1 aromatic rings. The molecule has 114 valence electrons. The van der Waals surface area contributed by atoms with Gasteiger partial charge < -0.3 is 20.5 Å². The Morgan fingerprint density at radius 2 is 2.05 bits per heavy atom. The number of rotatable bonds is 4. The first-order chi connectivity index (χ1) is 10.0. The van der Waals surface area contributed by atoms with Crippen LogP contribution in [-0.4, -0.2) is 34.7 Å². The molecule has 0 fully saturated rings. The summed E-state index contributed by atoms with van der Waals surface area (Å²) in [5.74, 6) is -0.934. The Labute approximate surface area is 123 Å². The molecule has 0 aromatic heterocycles. The van der Waals surface area contributed by atoms with Crippen LogP contribution < -0.4 is 5.73 Å². The van der Waals surface area contributed by atoms with Crippen molar-refractivity contribution in [2.24, 2.45) is 5.73 Å². The molecule has 1 aliphatic rings. The third-order valence-corrected chi connectivity index (χ3v) is 2.80. The number of primary amides is 1. The van der Waals surface area contributed by atoms with Gasteiger partial charge in [-0.15, -0.1) is 0 Å². The van der Waals surface area contributed by atoms with Gasteiger partial charge >= 0.3 is 12.0 Å². The second-order valence-electron chi connectivity index (χ2n) is 4.48. The van der Waals surface area contributed by atoms with Crippen molar-refractivity contribution in [3.8, 4) is 0 Å². The van der Waals surface area contributed by atoms with Crippen LogP contribution >= 0.6 is 0 Å². The van der Waals surface area contributed by atoms with E-state index in [4.69, 9.17) is 15.6 Å². The van der Waals surface area contributed by atoms with Crippen LogP contribution in [0.1, 0.15) is 18.9 Å². The van der Waals surface area contributed by atoms with Crippen molar-refractivity contribution in [1.29, 1.82) is 0 Å². The van der Waals surface area contributed by atoms with Crippen LogP contribution in [0.5, 0.6) is 0 Å². The van der Waals surface area contributed by atoms with E-state index in [1.54, 1.807) is 6.20 Å². The van der Waals surface area contributed by atoms with Crippen LogP contribution in [0.15, 0.2) is 42.6 Å². The maximum Gasteiger partial charge on any atom is 0.332 e. The molecule has 2 amide bonds. The molecule has 0 spiro atoms. The van der Waals surface area contributed by atoms with Crippen molar-refractivity contribution in [2.75, 3.05) is 6.54 Å². The number of benzene rings is 1. The Kier molecular flexibility index (Phi) is 6.97. The van der Waals surface area contributed by atoms with E-state index in [0.717, 1.165) is 18.5 Å². The number of urea groups is 1. The fraction of sp³-hybridized carbons (Fsp3) is 0.333. The smallest absolute Gasteiger partial charge is 0.332 e. The van der Waals surface area contributed by atoms with E-state index in [1.165, 1.54) is 11.8 Å². The maximum atomic E-state index is 10.4. The summed E-state index contributed by atoms with van der Waals surface area (Å²) >= 11 is 0. The molecule has 2 rings (SSSR count). The third kappa shape index (κ3) is 6.58. The highest BCUT2D eigenvalue weighted by Gasteiger charge is 2.10. The van der Waals surface area contributed by atoms with Crippen molar-refractivity contribution in [3.05, 3.63) is 48.2 Å². The molecule has 0 aliphatic carbocycles. The lowest BCUT2D eigenvalue weighted by molar-refractivity contribution is -0.149. The molecule has 3 N–H and O–H groups in total. The summed E-state index contributed by atoms with van der Waals surface area (Å²) in [6, 6.07) is 9.13. The van der Waals surface area contributed by atoms with Crippen LogP contribution in [0.3, 0.4) is 0 Å². The van der Waals surface area contributed by atoms with Gasteiger partial charge in [0.1, 0.15) is 0 Å². The Balaban J connectivity index is 0.000000235. The van der Waals surface area contributed by atoms with Crippen LogP contribution in [0.4, 0.5) is 4.79 Å². The molecule has 0 radical (unpaired) electrons. The number of ether oxygens (including phenoxy) is 1. The maximum absolute atomic E-state index is 10.4. The second-order valence-corrected chi connectivity index (χ2v) is 4.48. The first kappa shape index (κ1) is 16.7. The van der Waals surface area contributed by atoms with Crippen LogP contribution in [0.2, 0.25) is 0 Å². The molecule has 6 nitrogen and oxygen atoms in total. The number of carbonyl (C=O) groups is 2. The Morgan fingerprint density at radius 1 is 1.38 bits per heavy atom. The van der Waals surface area contributed by atoms with E-state index in [-0.39, 0.29) is 6.03 Å². The van der Waals surface area contributed by atoms with Crippen molar-refractivity contribution in [2.45, 2.75) is 26.1 Å². The number of amides is 2. The first-order valence-electron chi connectivity index (χ1n) is 6.61. The molecular weight excluding hydrogens is 272 g/mol. The van der Waals surface area contributed by atoms with Crippen LogP contribution in [0, 0.1) is 0 Å². The molecule has 0 bridgehead atoms. The molecular formula is C15H20N2O4. The number of nitrogens with two attached hydrogens (primary N) is 1. The zero-order valence-electron chi connectivity index (χ0n) is 11.9. The summed E-state index contributed by atoms with van der Waals surface area (Å²) in [5.41, 5.74) is 5.92. The Morgan fingerprint density at radius 3 is 2.48 bits per heavy atom. The van der Waals surface area contributed by atoms with Crippen molar-refractivity contribution in [1.82, 2.24) is 4.90 Å². The number of carbonyl (C=O) groups excluding carboxylic acids is 1. The van der Waals surface area contributed by atoms with Crippen molar-refractivity contribution in [3.63, 3.8) is 0 Å². The van der Waals surface area contributed by atoms with E-state index < -0.39 is 12.1 Å². The molecule has 21 heavy (non-hydrogen) atoms. The minimum absolute atomic E-state index is 0.342. The van der Waals surface area contributed by atoms with Gasteiger partial charge in [-0.05, 0) is 18.9 Å². The summed E-state index contributed by atoms with van der Waals surface area (Å²) < 4.78 is 5.09. The highest BCUT2D eigenvalue weighted by Crippen LogP contribution is 2.03. The van der Waals surface area contributed by atoms with E-state index in [2.05, 4.69) is 0 Å². The summed E-state index contributed by atoms with van der Waals surface area (Å²) in [6.07, 6.45) is 3.82. The van der Waals surface area contributed by atoms with Gasteiger partial charge in [-0.2, -0.15) is 0 Å². The zero-order valence-corrected chi connectivity index (χ0v) is 11.9. The van der Waals surface area contributed by atoms with Gasteiger partial charge in [0.05, 0.1) is 6.61 Å². The number of hydrogen-bond donors (Lipinski definition) is 2. The number of aliphatic carboxylic acids is 1. The van der Waals surface area contributed by atoms with E-state index in [0.29, 0.717) is 6.61 Å². The average molecular weight is 292 g/mol. The lowest BCUT2D eigenvalue weighted by Crippen LogP contribution is -2.29. The quantitative estimate of drug-likeness (QED) is 0.887. The normalized spacial score (nSPS) is 14.2. The largest absolute Gasteiger partial charge is 0.479 e. The fourth-order valence-electron chi connectivity index (χ4n) is 1.54. The average Bonchev–Trinajstić information content (AvgIpc) is 3.01. The first-order valence-corrected chi connectivity index (χ1v) is 6.61. The lowest BCUT2D eigenvalue weighted by atomic mass is 10.2. The predicted molar refractivity (Wildman–Crippen MR) is 78.4 cm³/mol. The van der Waals surface area contributed by atoms with Crippen LogP contribution in [0.25, 0.3) is 0 Å². The minimum atomic E-state index is -0.934. The summed E-state index contributed by atoms with van der Waals surface area (Å²) in [7, 11) is 0. The summed E-state index contributed by atoms with van der Waals surface area (Å²) in [5, 5.41) is 8.54. The van der Waals surface area contributed by atoms with Gasteiger partial charge in [-0.1, -0.05) is 36.4 Å². The third-order valence-electron chi connectivity index (χ3n) is 2.80. The summed E-state index contributed by atoms with van der Waals surface area (Å²) in [6.45, 7) is 2.61. The molecule has 0 unspecified atom stereocenters. The predicted octanol–water partition coefficient (Wildman–Crippen LogP) is 1.96. The molecule has 0 saturated heterocycles. The molecule has 1 aliphatic heterocycles. The van der Waals surface area contributed by atoms with E-state index in [1.807, 2.05) is 36.4 Å². The van der Waals surface area contributed by atoms with Gasteiger partial charge in [0.25, 0.3) is 0 Å². The zero-order chi connectivity index (χ0) is 15.7. The highest BCUT2D eigenvalue weighted by molar-refractivity contribution is 5.73. The Bertz CT molecular complexity index is 488. The van der Waals surface area contributed by atoms with Crippen LogP contribution in [-0.2, 0) is 16.1 Å². The number of nitrogens with zero attached hydrogens (tertiary/aromatic N) is 1. The van der Waals surface area contributed by atoms with Gasteiger partial charge in [0, 0.05) is 12.7 Å². The van der Waals surface area contributed by atoms with Crippen molar-refractivity contribution >= 4 is 12.0 Å². The summed E-state index contributed by atoms with van der Waals surface area (Å²) in [4.78, 5) is 22.2. The highest BCUT2D eigenvalue weighted by atomic mass is 16.5. The minimum Gasteiger partial charge on any atom is -0.479 e. The molecule has 1 aromatic carbocycles. The molecule has 1 heterocycles. The number of hydrogen-bond acceptors (Lipinski definition) is 3. The van der Waals surface area contributed by atoms with Gasteiger partial charge in [0.2, 0.25) is 0 Å². The molecule has 6 heteroatoms. The monoisotopic (exact) mass is 292 g/mol. The standard InChI is InChI=1S/C10H12O3.C5H8N2O/c1-8(10(11)12)13-7-9-5-3-2-4-6-9;6-5(8)7-3-1-2-4-7/h2-6,8H,7H2,1H3,(H,11,12);1,3H,2,4H2,(H2,6,8)/t8-;/m0./s1.